The van der Waals surface area contributed by atoms with Gasteiger partial charge >= 0.3 is 0 Å². The van der Waals surface area contributed by atoms with Crippen LogP contribution in [-0.2, 0) is 9.53 Å². The molecule has 1 aliphatic rings. The van der Waals surface area contributed by atoms with Crippen molar-refractivity contribution in [2.75, 3.05) is 26.9 Å². The molecule has 0 aromatic heterocycles. The molecule has 0 radical (unpaired) electrons. The van der Waals surface area contributed by atoms with Crippen LogP contribution >= 0.6 is 0 Å². The highest BCUT2D eigenvalue weighted by Gasteiger charge is 2.36. The smallest absolute Gasteiger partial charge is 0.240 e. The second-order valence-corrected chi connectivity index (χ2v) is 5.81. The van der Waals surface area contributed by atoms with Crippen molar-refractivity contribution < 1.29 is 19.0 Å². The maximum atomic E-state index is 12.5. The average molecular weight is 322 g/mol. The maximum absolute atomic E-state index is 12.5. The number of hydrogen-bond donors (Lipinski definition) is 2. The molecule has 1 heterocycles. The first kappa shape index (κ1) is 17.6. The highest BCUT2D eigenvalue weighted by atomic mass is 16.5. The van der Waals surface area contributed by atoms with E-state index in [-0.39, 0.29) is 11.9 Å². The molecule has 0 spiro atoms. The normalized spacial score (nSPS) is 18.1. The van der Waals surface area contributed by atoms with E-state index in [1.54, 1.807) is 7.11 Å². The van der Waals surface area contributed by atoms with Gasteiger partial charge in [-0.3, -0.25) is 4.79 Å². The van der Waals surface area contributed by atoms with Crippen molar-refractivity contribution in [3.05, 3.63) is 23.8 Å². The number of carbonyl (C=O) groups excluding carboxylic acids is 1. The molecule has 6 nitrogen and oxygen atoms in total. The van der Waals surface area contributed by atoms with Crippen LogP contribution < -0.4 is 20.5 Å². The van der Waals surface area contributed by atoms with Gasteiger partial charge in [0.05, 0.1) is 25.3 Å². The van der Waals surface area contributed by atoms with Gasteiger partial charge in [-0.25, -0.2) is 0 Å². The van der Waals surface area contributed by atoms with Crippen LogP contribution in [0.1, 0.15) is 38.3 Å². The van der Waals surface area contributed by atoms with Crippen molar-refractivity contribution in [1.82, 2.24) is 5.32 Å². The number of methoxy groups -OCH3 is 1. The van der Waals surface area contributed by atoms with Gasteiger partial charge in [0.25, 0.3) is 0 Å². The van der Waals surface area contributed by atoms with E-state index in [1.807, 2.05) is 32.0 Å². The summed E-state index contributed by atoms with van der Waals surface area (Å²) < 4.78 is 16.1. The Bertz CT molecular complexity index is 541. The van der Waals surface area contributed by atoms with Crippen LogP contribution in [0, 0.1) is 0 Å². The zero-order valence-corrected chi connectivity index (χ0v) is 14.1. The largest absolute Gasteiger partial charge is 0.493 e. The molecule has 1 amide bonds. The number of carbonyl (C=O) groups is 1. The molecule has 1 fully saturated rings. The Morgan fingerprint density at radius 3 is 2.70 bits per heavy atom. The Labute approximate surface area is 137 Å². The Morgan fingerprint density at radius 2 is 2.09 bits per heavy atom. The summed E-state index contributed by atoms with van der Waals surface area (Å²) in [5.41, 5.74) is 6.31. The van der Waals surface area contributed by atoms with Crippen molar-refractivity contribution in [2.24, 2.45) is 5.73 Å². The monoisotopic (exact) mass is 322 g/mol. The summed E-state index contributed by atoms with van der Waals surface area (Å²) in [5, 5.41) is 2.99. The molecule has 1 aromatic rings. The van der Waals surface area contributed by atoms with Crippen LogP contribution in [0.3, 0.4) is 0 Å². The predicted molar refractivity (Wildman–Crippen MR) is 87.7 cm³/mol. The molecular formula is C17H26N2O4. The summed E-state index contributed by atoms with van der Waals surface area (Å²) in [7, 11) is 1.60. The average Bonchev–Trinajstić information content (AvgIpc) is 2.56. The van der Waals surface area contributed by atoms with Crippen LogP contribution in [-0.4, -0.2) is 38.4 Å². The molecule has 1 saturated heterocycles. The lowest BCUT2D eigenvalue weighted by molar-refractivity contribution is -0.130. The fraction of sp³-hybridized carbons (Fsp3) is 0.588. The van der Waals surface area contributed by atoms with E-state index in [1.165, 1.54) is 0 Å². The van der Waals surface area contributed by atoms with Crippen molar-refractivity contribution in [3.8, 4) is 11.5 Å². The van der Waals surface area contributed by atoms with Crippen molar-refractivity contribution >= 4 is 5.91 Å². The van der Waals surface area contributed by atoms with Gasteiger partial charge in [0, 0.05) is 13.2 Å². The number of benzene rings is 1. The van der Waals surface area contributed by atoms with Gasteiger partial charge in [-0.1, -0.05) is 6.07 Å². The maximum Gasteiger partial charge on any atom is 0.240 e. The number of ether oxygens (including phenoxy) is 3. The minimum Gasteiger partial charge on any atom is -0.493 e. The molecule has 0 saturated carbocycles. The zero-order valence-electron chi connectivity index (χ0n) is 14.1. The van der Waals surface area contributed by atoms with Gasteiger partial charge in [0.15, 0.2) is 11.5 Å². The third kappa shape index (κ3) is 4.14. The SMILES string of the molecule is CCOc1ccc(C(C)NC(=O)C2(N)CCOCC2)cc1OC. The van der Waals surface area contributed by atoms with Crippen molar-refractivity contribution in [1.29, 1.82) is 0 Å². The quantitative estimate of drug-likeness (QED) is 0.834. The van der Waals surface area contributed by atoms with Crippen molar-refractivity contribution in [2.45, 2.75) is 38.3 Å². The Kier molecular flexibility index (Phi) is 5.85. The van der Waals surface area contributed by atoms with E-state index in [0.29, 0.717) is 44.2 Å². The first-order chi connectivity index (χ1) is 11.0. The number of amides is 1. The summed E-state index contributed by atoms with van der Waals surface area (Å²) in [6, 6.07) is 5.48. The van der Waals surface area contributed by atoms with Crippen LogP contribution in [0.2, 0.25) is 0 Å². The summed E-state index contributed by atoms with van der Waals surface area (Å²) in [6.07, 6.45) is 1.08. The zero-order chi connectivity index (χ0) is 16.9. The van der Waals surface area contributed by atoms with E-state index in [2.05, 4.69) is 5.32 Å². The van der Waals surface area contributed by atoms with Gasteiger partial charge in [-0.05, 0) is 44.4 Å². The van der Waals surface area contributed by atoms with Crippen LogP contribution in [0.15, 0.2) is 18.2 Å². The van der Waals surface area contributed by atoms with Crippen LogP contribution in [0.4, 0.5) is 0 Å². The van der Waals surface area contributed by atoms with E-state index >= 15 is 0 Å². The van der Waals surface area contributed by atoms with Crippen LogP contribution in [0.5, 0.6) is 11.5 Å². The molecule has 1 atom stereocenters. The number of rotatable bonds is 6. The molecule has 1 aromatic carbocycles. The molecular weight excluding hydrogens is 296 g/mol. The molecule has 2 rings (SSSR count). The third-order valence-corrected chi connectivity index (χ3v) is 4.17. The highest BCUT2D eigenvalue weighted by molar-refractivity contribution is 5.86. The lowest BCUT2D eigenvalue weighted by atomic mass is 9.90. The topological polar surface area (TPSA) is 82.8 Å². The lowest BCUT2D eigenvalue weighted by Crippen LogP contribution is -2.57. The lowest BCUT2D eigenvalue weighted by Gasteiger charge is -2.33. The summed E-state index contributed by atoms with van der Waals surface area (Å²) in [6.45, 7) is 5.46. The van der Waals surface area contributed by atoms with E-state index < -0.39 is 5.54 Å². The number of nitrogens with one attached hydrogen (secondary N) is 1. The Balaban J connectivity index is 2.07. The molecule has 0 aliphatic carbocycles. The second-order valence-electron chi connectivity index (χ2n) is 5.81. The molecule has 0 bridgehead atoms. The van der Waals surface area contributed by atoms with E-state index in [0.717, 1.165) is 5.56 Å². The number of hydrogen-bond acceptors (Lipinski definition) is 5. The van der Waals surface area contributed by atoms with E-state index in [4.69, 9.17) is 19.9 Å². The molecule has 128 valence electrons. The Morgan fingerprint density at radius 1 is 1.39 bits per heavy atom. The predicted octanol–water partition coefficient (Wildman–Crippen LogP) is 1.78. The summed E-state index contributed by atoms with van der Waals surface area (Å²) in [5.74, 6) is 1.21. The van der Waals surface area contributed by atoms with Gasteiger partial charge in [0.1, 0.15) is 0 Å². The minimum absolute atomic E-state index is 0.138. The highest BCUT2D eigenvalue weighted by Crippen LogP contribution is 2.30. The van der Waals surface area contributed by atoms with Gasteiger partial charge in [-0.2, -0.15) is 0 Å². The third-order valence-electron chi connectivity index (χ3n) is 4.17. The van der Waals surface area contributed by atoms with E-state index in [9.17, 15) is 4.79 Å². The fourth-order valence-corrected chi connectivity index (χ4v) is 2.61. The van der Waals surface area contributed by atoms with Gasteiger partial charge < -0.3 is 25.3 Å². The summed E-state index contributed by atoms with van der Waals surface area (Å²) >= 11 is 0. The number of nitrogens with two attached hydrogens (primary N) is 1. The summed E-state index contributed by atoms with van der Waals surface area (Å²) in [4.78, 5) is 12.5. The molecule has 6 heteroatoms. The first-order valence-electron chi connectivity index (χ1n) is 7.98. The van der Waals surface area contributed by atoms with Crippen molar-refractivity contribution in [3.63, 3.8) is 0 Å². The standard InChI is InChI=1S/C17H26N2O4/c1-4-23-14-6-5-13(11-15(14)21-3)12(2)19-16(20)17(18)7-9-22-10-8-17/h5-6,11-12H,4,7-10,18H2,1-3H3,(H,19,20). The molecule has 23 heavy (non-hydrogen) atoms. The van der Waals surface area contributed by atoms with Gasteiger partial charge in [-0.15, -0.1) is 0 Å². The first-order valence-corrected chi connectivity index (χ1v) is 7.98. The van der Waals surface area contributed by atoms with Crippen LogP contribution in [0.25, 0.3) is 0 Å². The second kappa shape index (κ2) is 7.66. The molecule has 3 N–H and O–H groups in total. The molecule has 1 aliphatic heterocycles. The minimum atomic E-state index is -0.845. The molecule has 1 unspecified atom stereocenters. The van der Waals surface area contributed by atoms with Gasteiger partial charge in [0.2, 0.25) is 5.91 Å². The Hall–Kier alpha value is -1.79. The fourth-order valence-electron chi connectivity index (χ4n) is 2.61.